The highest BCUT2D eigenvalue weighted by Crippen LogP contribution is 2.34. The van der Waals surface area contributed by atoms with Crippen molar-refractivity contribution in [1.29, 1.82) is 0 Å². The number of carbonyl (C=O) groups is 5. The number of nitro benzene ring substituents is 3. The first-order chi connectivity index (χ1) is 26.2. The zero-order valence-corrected chi connectivity index (χ0v) is 31.1. The van der Waals surface area contributed by atoms with Crippen molar-refractivity contribution < 1.29 is 67.9 Å². The van der Waals surface area contributed by atoms with Crippen LogP contribution in [0.3, 0.4) is 0 Å². The third-order valence-electron chi connectivity index (χ3n) is 5.43. The van der Waals surface area contributed by atoms with Crippen LogP contribution in [0.2, 0.25) is 0 Å². The van der Waals surface area contributed by atoms with Crippen molar-refractivity contribution in [2.75, 3.05) is 0 Å². The Kier molecular flexibility index (Phi) is 21.4. The summed E-state index contributed by atoms with van der Waals surface area (Å²) in [5, 5.41) is 47.6. The third kappa shape index (κ3) is 19.4. The van der Waals surface area contributed by atoms with Gasteiger partial charge in [-0.2, -0.15) is 0 Å². The second-order valence-corrected chi connectivity index (χ2v) is 10.1. The number of rotatable bonds is 8. The Morgan fingerprint density at radius 3 is 0.893 bits per heavy atom. The second-order valence-electron chi connectivity index (χ2n) is 9.74. The molecule has 0 saturated carbocycles. The molecule has 298 valence electrons. The standard InChI is InChI=1S/2C10H10O4.C7H2ClN3O7.C6H6O2.C2H6/c2*1-7(11)13-9-3-5-10(6-4-9)14-8(2)12;8-7(12)6-4(10(15)16)1-3(9(13)14)2-5(6)11(17)18;7-5-1-2-6(8)4-3-5;1-2/h2*3-6H,1-2H3;1-2H;1-4,7-8H;1-2H3. The number of phenolic OH excluding ortho intramolecular Hbond substituents is 2. The van der Waals surface area contributed by atoms with E-state index in [0.29, 0.717) is 35.1 Å². The van der Waals surface area contributed by atoms with Crippen LogP contribution in [0.15, 0.2) is 84.9 Å². The van der Waals surface area contributed by atoms with Gasteiger partial charge in [0.25, 0.3) is 22.3 Å². The van der Waals surface area contributed by atoms with Gasteiger partial charge in [0.2, 0.25) is 0 Å². The van der Waals surface area contributed by atoms with Crippen LogP contribution in [0.4, 0.5) is 17.1 Å². The minimum absolute atomic E-state index is 0.169. The van der Waals surface area contributed by atoms with Crippen molar-refractivity contribution in [3.8, 4) is 34.5 Å². The normalized spacial score (nSPS) is 9.20. The Hall–Kier alpha value is -7.48. The topological polar surface area (TPSA) is 292 Å². The van der Waals surface area contributed by atoms with Crippen LogP contribution in [0.25, 0.3) is 0 Å². The SMILES string of the molecule is CC.CC(=O)Oc1ccc(OC(C)=O)cc1.CC(=O)Oc1ccc(OC(C)=O)cc1.O=C(Cl)c1c([N+](=O)[O-])cc([N+](=O)[O-])cc1[N+](=O)[O-].Oc1ccc(O)cc1. The molecule has 2 N–H and O–H groups in total. The summed E-state index contributed by atoms with van der Waals surface area (Å²) >= 11 is 5.02. The number of nitrogens with zero attached hydrogens (tertiary/aromatic N) is 3. The molecule has 0 bridgehead atoms. The van der Waals surface area contributed by atoms with Gasteiger partial charge in [-0.15, -0.1) is 0 Å². The van der Waals surface area contributed by atoms with E-state index in [-0.39, 0.29) is 35.4 Å². The van der Waals surface area contributed by atoms with Gasteiger partial charge < -0.3 is 29.2 Å². The van der Waals surface area contributed by atoms with E-state index in [0.717, 1.165) is 0 Å². The minimum atomic E-state index is -1.44. The van der Waals surface area contributed by atoms with E-state index in [1.807, 2.05) is 13.8 Å². The largest absolute Gasteiger partial charge is 0.508 e. The second kappa shape index (κ2) is 24.7. The Morgan fingerprint density at radius 2 is 0.732 bits per heavy atom. The van der Waals surface area contributed by atoms with Gasteiger partial charge in [-0.25, -0.2) is 0 Å². The van der Waals surface area contributed by atoms with E-state index in [1.54, 1.807) is 48.5 Å². The molecule has 0 aromatic heterocycles. The van der Waals surface area contributed by atoms with Crippen LogP contribution >= 0.6 is 11.6 Å². The van der Waals surface area contributed by atoms with Gasteiger partial charge in [0.05, 0.1) is 26.9 Å². The first-order valence-electron chi connectivity index (χ1n) is 15.4. The quantitative estimate of drug-likeness (QED) is 0.0453. The zero-order chi connectivity index (χ0) is 43.1. The van der Waals surface area contributed by atoms with Crippen LogP contribution in [-0.2, 0) is 19.2 Å². The van der Waals surface area contributed by atoms with Gasteiger partial charge >= 0.3 is 23.9 Å². The van der Waals surface area contributed by atoms with E-state index in [2.05, 4.69) is 0 Å². The van der Waals surface area contributed by atoms with E-state index in [9.17, 15) is 54.3 Å². The lowest BCUT2D eigenvalue weighted by Gasteiger charge is -2.03. The summed E-state index contributed by atoms with van der Waals surface area (Å²) in [5.74, 6) is 0.500. The van der Waals surface area contributed by atoms with E-state index in [4.69, 9.17) is 40.8 Å². The maximum absolute atomic E-state index is 11.0. The number of halogens is 1. The average molecular weight is 804 g/mol. The van der Waals surface area contributed by atoms with Gasteiger partial charge in [-0.1, -0.05) is 13.8 Å². The average Bonchev–Trinajstić information content (AvgIpc) is 3.11. The van der Waals surface area contributed by atoms with Crippen LogP contribution < -0.4 is 18.9 Å². The number of non-ortho nitro benzene ring substituents is 1. The fraction of sp³-hybridized carbons (Fsp3) is 0.171. The number of hydrogen-bond donors (Lipinski definition) is 2. The van der Waals surface area contributed by atoms with Crippen molar-refractivity contribution in [3.63, 3.8) is 0 Å². The molecule has 0 unspecified atom stereocenters. The number of benzene rings is 4. The van der Waals surface area contributed by atoms with Crippen molar-refractivity contribution in [1.82, 2.24) is 0 Å². The lowest BCUT2D eigenvalue weighted by molar-refractivity contribution is -0.403. The van der Waals surface area contributed by atoms with E-state index >= 15 is 0 Å². The molecule has 0 radical (unpaired) electrons. The number of ether oxygens (including phenoxy) is 4. The highest BCUT2D eigenvalue weighted by molar-refractivity contribution is 6.68. The van der Waals surface area contributed by atoms with Crippen molar-refractivity contribution >= 4 is 57.8 Å². The summed E-state index contributed by atoms with van der Waals surface area (Å²) in [6.45, 7) is 9.28. The Morgan fingerprint density at radius 1 is 0.500 bits per heavy atom. The van der Waals surface area contributed by atoms with Crippen molar-refractivity contribution in [2.45, 2.75) is 41.5 Å². The molecular formula is C35H34ClN3O17. The Bertz CT molecular complexity index is 1800. The summed E-state index contributed by atoms with van der Waals surface area (Å²) < 4.78 is 19.2. The summed E-state index contributed by atoms with van der Waals surface area (Å²) in [5.41, 5.74) is -4.04. The number of nitro groups is 3. The van der Waals surface area contributed by atoms with Gasteiger partial charge in [-0.3, -0.25) is 54.3 Å². The molecular weight excluding hydrogens is 770 g/mol. The zero-order valence-electron chi connectivity index (χ0n) is 30.3. The molecule has 4 rings (SSSR count). The maximum Gasteiger partial charge on any atom is 0.308 e. The molecule has 4 aromatic rings. The smallest absolute Gasteiger partial charge is 0.308 e. The number of esters is 4. The number of phenols is 2. The molecule has 56 heavy (non-hydrogen) atoms. The van der Waals surface area contributed by atoms with Gasteiger partial charge in [-0.05, 0) is 84.4 Å². The lowest BCUT2D eigenvalue weighted by atomic mass is 10.1. The Balaban J connectivity index is 0.000000729. The third-order valence-corrected chi connectivity index (χ3v) is 5.61. The van der Waals surface area contributed by atoms with Crippen molar-refractivity contribution in [3.05, 3.63) is 121 Å². The van der Waals surface area contributed by atoms with Crippen LogP contribution in [0.1, 0.15) is 51.9 Å². The van der Waals surface area contributed by atoms with Crippen molar-refractivity contribution in [2.24, 2.45) is 0 Å². The van der Waals surface area contributed by atoms with Gasteiger partial charge in [0.15, 0.2) is 5.56 Å². The maximum atomic E-state index is 11.0. The fourth-order valence-corrected chi connectivity index (χ4v) is 3.65. The predicted molar refractivity (Wildman–Crippen MR) is 196 cm³/mol. The monoisotopic (exact) mass is 803 g/mol. The first kappa shape index (κ1) is 48.5. The Labute approximate surface area is 322 Å². The predicted octanol–water partition coefficient (Wildman–Crippen LogP) is 6.99. The molecule has 0 fully saturated rings. The molecule has 0 amide bonds. The molecule has 0 aliphatic rings. The van der Waals surface area contributed by atoms with Crippen LogP contribution in [-0.4, -0.2) is 54.1 Å². The van der Waals surface area contributed by atoms with Gasteiger partial charge in [0, 0.05) is 27.7 Å². The number of hydrogen-bond acceptors (Lipinski definition) is 17. The summed E-state index contributed by atoms with van der Waals surface area (Å²) in [6.07, 6.45) is 0. The summed E-state index contributed by atoms with van der Waals surface area (Å²) in [4.78, 5) is 81.6. The molecule has 4 aromatic carbocycles. The molecule has 0 heterocycles. The van der Waals surface area contributed by atoms with Gasteiger partial charge in [0.1, 0.15) is 34.5 Å². The molecule has 0 aliphatic carbocycles. The van der Waals surface area contributed by atoms with E-state index < -0.39 is 42.6 Å². The highest BCUT2D eigenvalue weighted by Gasteiger charge is 2.34. The molecule has 0 aliphatic heterocycles. The molecule has 0 spiro atoms. The van der Waals surface area contributed by atoms with Crippen LogP contribution in [0.5, 0.6) is 34.5 Å². The summed E-state index contributed by atoms with van der Waals surface area (Å²) in [6, 6.07) is 19.0. The number of carbonyl (C=O) groups excluding carboxylic acids is 5. The molecule has 0 saturated heterocycles. The minimum Gasteiger partial charge on any atom is -0.508 e. The fourth-order valence-electron chi connectivity index (χ4n) is 3.46. The summed E-state index contributed by atoms with van der Waals surface area (Å²) in [7, 11) is 0. The molecule has 0 atom stereocenters. The molecule has 20 nitrogen and oxygen atoms in total. The van der Waals surface area contributed by atoms with E-state index in [1.165, 1.54) is 52.0 Å². The highest BCUT2D eigenvalue weighted by atomic mass is 35.5. The molecule has 21 heteroatoms. The first-order valence-corrected chi connectivity index (χ1v) is 15.8. The lowest BCUT2D eigenvalue weighted by Crippen LogP contribution is -2.05. The number of aromatic hydroxyl groups is 2. The van der Waals surface area contributed by atoms with Crippen LogP contribution in [0, 0.1) is 30.3 Å².